The number of ether oxygens (including phenoxy) is 2. The highest BCUT2D eigenvalue weighted by atomic mass is 35.5. The van der Waals surface area contributed by atoms with Gasteiger partial charge in [0, 0.05) is 5.69 Å². The maximum absolute atomic E-state index is 12.4. The van der Waals surface area contributed by atoms with Crippen LogP contribution in [-0.2, 0) is 9.53 Å². The Bertz CT molecular complexity index is 804. The van der Waals surface area contributed by atoms with Crippen LogP contribution in [0.25, 0.3) is 0 Å². The molecule has 0 heterocycles. The number of hydrogen-bond acceptors (Lipinski definition) is 4. The number of carbonyl (C=O) groups is 2. The van der Waals surface area contributed by atoms with Gasteiger partial charge >= 0.3 is 5.97 Å². The number of anilines is 1. The van der Waals surface area contributed by atoms with Crippen molar-refractivity contribution in [2.75, 3.05) is 12.4 Å². The maximum Gasteiger partial charge on any atom is 0.339 e. The number of esters is 1. The molecule has 0 aliphatic heterocycles. The number of rotatable bonds is 6. The normalized spacial score (nSPS) is 11.8. The predicted molar refractivity (Wildman–Crippen MR) is 102 cm³/mol. The molecule has 0 saturated carbocycles. The van der Waals surface area contributed by atoms with Gasteiger partial charge in [0.2, 0.25) is 0 Å². The van der Waals surface area contributed by atoms with E-state index in [0.717, 1.165) is 5.56 Å². The molecule has 0 aliphatic carbocycles. The van der Waals surface area contributed by atoms with Crippen LogP contribution in [0.2, 0.25) is 5.02 Å². The van der Waals surface area contributed by atoms with E-state index in [1.165, 1.54) is 19.2 Å². The zero-order valence-electron chi connectivity index (χ0n) is 15.2. The topological polar surface area (TPSA) is 64.6 Å². The van der Waals surface area contributed by atoms with Gasteiger partial charge in [-0.2, -0.15) is 0 Å². The van der Waals surface area contributed by atoms with Gasteiger partial charge in [-0.25, -0.2) is 4.79 Å². The lowest BCUT2D eigenvalue weighted by Gasteiger charge is -2.19. The number of para-hydroxylation sites is 1. The summed E-state index contributed by atoms with van der Waals surface area (Å²) in [5.74, 6) is 0.0554. The van der Waals surface area contributed by atoms with Crippen LogP contribution in [-0.4, -0.2) is 25.1 Å². The molecule has 6 heteroatoms. The third-order valence-electron chi connectivity index (χ3n) is 3.85. The molecule has 0 unspecified atom stereocenters. The Labute approximate surface area is 158 Å². The number of amides is 1. The average Bonchev–Trinajstić information content (AvgIpc) is 2.62. The first-order valence-electron chi connectivity index (χ1n) is 8.27. The van der Waals surface area contributed by atoms with Gasteiger partial charge in [-0.3, -0.25) is 4.79 Å². The number of halogens is 1. The summed E-state index contributed by atoms with van der Waals surface area (Å²) in [5.41, 5.74) is 1.66. The van der Waals surface area contributed by atoms with E-state index in [9.17, 15) is 9.59 Å². The first kappa shape index (κ1) is 19.8. The minimum absolute atomic E-state index is 0.186. The summed E-state index contributed by atoms with van der Waals surface area (Å²) < 4.78 is 10.5. The van der Waals surface area contributed by atoms with Crippen molar-refractivity contribution in [1.29, 1.82) is 0 Å². The van der Waals surface area contributed by atoms with E-state index in [4.69, 9.17) is 16.3 Å². The number of benzene rings is 2. The van der Waals surface area contributed by atoms with Gasteiger partial charge < -0.3 is 14.8 Å². The molecule has 1 N–H and O–H groups in total. The molecule has 2 aromatic rings. The average molecular weight is 376 g/mol. The minimum Gasteiger partial charge on any atom is -0.481 e. The van der Waals surface area contributed by atoms with Crippen molar-refractivity contribution in [3.8, 4) is 5.75 Å². The molecule has 1 atom stereocenters. The van der Waals surface area contributed by atoms with Crippen molar-refractivity contribution in [3.05, 3.63) is 58.6 Å². The second kappa shape index (κ2) is 8.72. The highest BCUT2D eigenvalue weighted by molar-refractivity contribution is 6.33. The third-order valence-corrected chi connectivity index (χ3v) is 4.18. The quantitative estimate of drug-likeness (QED) is 0.746. The first-order valence-corrected chi connectivity index (χ1v) is 8.65. The van der Waals surface area contributed by atoms with Gasteiger partial charge in [0.15, 0.2) is 6.10 Å². The van der Waals surface area contributed by atoms with E-state index in [1.54, 1.807) is 13.0 Å². The van der Waals surface area contributed by atoms with Crippen LogP contribution in [0.5, 0.6) is 5.75 Å². The molecule has 0 bridgehead atoms. The van der Waals surface area contributed by atoms with Gasteiger partial charge in [0.05, 0.1) is 17.7 Å². The lowest BCUT2D eigenvalue weighted by atomic mass is 10.0. The number of methoxy groups -OCH3 is 1. The molecular weight excluding hydrogens is 354 g/mol. The summed E-state index contributed by atoms with van der Waals surface area (Å²) in [6, 6.07) is 12.2. The maximum atomic E-state index is 12.4. The first-order chi connectivity index (χ1) is 12.3. The molecule has 138 valence electrons. The van der Waals surface area contributed by atoms with Crippen LogP contribution >= 0.6 is 11.6 Å². The van der Waals surface area contributed by atoms with Gasteiger partial charge in [0.25, 0.3) is 5.91 Å². The fourth-order valence-electron chi connectivity index (χ4n) is 2.42. The summed E-state index contributed by atoms with van der Waals surface area (Å²) in [7, 11) is 1.27. The minimum atomic E-state index is -0.716. The summed E-state index contributed by atoms with van der Waals surface area (Å²) in [6.07, 6.45) is -0.716. The van der Waals surface area contributed by atoms with Crippen LogP contribution < -0.4 is 10.1 Å². The smallest absolute Gasteiger partial charge is 0.339 e. The largest absolute Gasteiger partial charge is 0.481 e. The van der Waals surface area contributed by atoms with Crippen molar-refractivity contribution >= 4 is 29.2 Å². The fraction of sp³-hybridized carbons (Fsp3) is 0.300. The van der Waals surface area contributed by atoms with Crippen molar-refractivity contribution in [2.45, 2.75) is 32.8 Å². The molecule has 5 nitrogen and oxygen atoms in total. The molecule has 0 radical (unpaired) electrons. The molecule has 0 aromatic heterocycles. The van der Waals surface area contributed by atoms with Gasteiger partial charge in [-0.15, -0.1) is 0 Å². The van der Waals surface area contributed by atoms with Gasteiger partial charge in [-0.05, 0) is 42.7 Å². The zero-order chi connectivity index (χ0) is 19.3. The number of hydrogen-bond donors (Lipinski definition) is 1. The molecule has 2 rings (SSSR count). The van der Waals surface area contributed by atoms with E-state index in [-0.39, 0.29) is 22.4 Å². The van der Waals surface area contributed by atoms with E-state index in [0.29, 0.717) is 11.4 Å². The van der Waals surface area contributed by atoms with Crippen LogP contribution in [0.15, 0.2) is 42.5 Å². The standard InChI is InChI=1S/C20H22ClNO4/c1-12(2)15-7-5-6-8-18(15)26-13(3)19(23)22-14-9-10-17(21)16(11-14)20(24)25-4/h5-13H,1-4H3,(H,22,23)/t13-/m1/s1. The van der Waals surface area contributed by atoms with Crippen molar-refractivity contribution in [1.82, 2.24) is 0 Å². The van der Waals surface area contributed by atoms with E-state index in [2.05, 4.69) is 23.9 Å². The van der Waals surface area contributed by atoms with Crippen molar-refractivity contribution in [3.63, 3.8) is 0 Å². The molecule has 0 saturated heterocycles. The molecule has 0 spiro atoms. The Hall–Kier alpha value is -2.53. The van der Waals surface area contributed by atoms with Crippen LogP contribution in [0.1, 0.15) is 42.6 Å². The van der Waals surface area contributed by atoms with Crippen LogP contribution in [0, 0.1) is 0 Å². The SMILES string of the molecule is COC(=O)c1cc(NC(=O)[C@@H](C)Oc2ccccc2C(C)C)ccc1Cl. The Morgan fingerprint density at radius 2 is 1.77 bits per heavy atom. The zero-order valence-corrected chi connectivity index (χ0v) is 16.0. The molecule has 26 heavy (non-hydrogen) atoms. The van der Waals surface area contributed by atoms with Crippen LogP contribution in [0.4, 0.5) is 5.69 Å². The second-order valence-electron chi connectivity index (χ2n) is 6.13. The molecule has 1 amide bonds. The highest BCUT2D eigenvalue weighted by Gasteiger charge is 2.19. The fourth-order valence-corrected chi connectivity index (χ4v) is 2.62. The van der Waals surface area contributed by atoms with E-state index >= 15 is 0 Å². The van der Waals surface area contributed by atoms with Crippen LogP contribution in [0.3, 0.4) is 0 Å². The van der Waals surface area contributed by atoms with Gasteiger partial charge in [0.1, 0.15) is 5.75 Å². The van der Waals surface area contributed by atoms with Crippen molar-refractivity contribution in [2.24, 2.45) is 0 Å². The van der Waals surface area contributed by atoms with E-state index < -0.39 is 12.1 Å². The Balaban J connectivity index is 2.12. The number of carbonyl (C=O) groups excluding carboxylic acids is 2. The van der Waals surface area contributed by atoms with E-state index in [1.807, 2.05) is 24.3 Å². The number of nitrogens with one attached hydrogen (secondary N) is 1. The Morgan fingerprint density at radius 1 is 1.08 bits per heavy atom. The summed E-state index contributed by atoms with van der Waals surface area (Å²) in [4.78, 5) is 24.2. The molecule has 0 fully saturated rings. The van der Waals surface area contributed by atoms with Gasteiger partial charge in [-0.1, -0.05) is 43.6 Å². The molecule has 2 aromatic carbocycles. The Morgan fingerprint density at radius 3 is 2.42 bits per heavy atom. The molecule has 0 aliphatic rings. The molecular formula is C20H22ClNO4. The predicted octanol–water partition coefficient (Wildman–Crippen LogP) is 4.66. The third kappa shape index (κ3) is 4.76. The summed E-state index contributed by atoms with van der Waals surface area (Å²) >= 11 is 5.99. The summed E-state index contributed by atoms with van der Waals surface area (Å²) in [5, 5.41) is 2.98. The summed E-state index contributed by atoms with van der Waals surface area (Å²) in [6.45, 7) is 5.80. The Kier molecular flexibility index (Phi) is 6.64. The lowest BCUT2D eigenvalue weighted by molar-refractivity contribution is -0.122. The lowest BCUT2D eigenvalue weighted by Crippen LogP contribution is -2.30. The second-order valence-corrected chi connectivity index (χ2v) is 6.54. The monoisotopic (exact) mass is 375 g/mol. The highest BCUT2D eigenvalue weighted by Crippen LogP contribution is 2.27. The van der Waals surface area contributed by atoms with Crippen molar-refractivity contribution < 1.29 is 19.1 Å².